The Morgan fingerprint density at radius 1 is 1.09 bits per heavy atom. The van der Waals surface area contributed by atoms with Gasteiger partial charge in [-0.2, -0.15) is 0 Å². The fraction of sp³-hybridized carbons (Fsp3) is 0.0588. The fourth-order valence-corrected chi connectivity index (χ4v) is 3.25. The molecule has 23 heavy (non-hydrogen) atoms. The van der Waals surface area contributed by atoms with Crippen molar-refractivity contribution in [3.8, 4) is 11.3 Å². The highest BCUT2D eigenvalue weighted by Crippen LogP contribution is 2.30. The molecule has 1 aromatic heterocycles. The van der Waals surface area contributed by atoms with Gasteiger partial charge in [-0.15, -0.1) is 11.3 Å². The molecular formula is C17H12Cl2N2OS. The normalized spacial score (nSPS) is 10.6. The van der Waals surface area contributed by atoms with Crippen molar-refractivity contribution in [2.24, 2.45) is 0 Å². The summed E-state index contributed by atoms with van der Waals surface area (Å²) in [6.45, 7) is 1.98. The van der Waals surface area contributed by atoms with Crippen molar-refractivity contribution < 1.29 is 4.79 Å². The minimum absolute atomic E-state index is 0.267. The Hall–Kier alpha value is -1.88. The average Bonchev–Trinajstić information content (AvgIpc) is 2.91. The average molecular weight is 363 g/mol. The molecule has 1 heterocycles. The molecule has 0 spiro atoms. The van der Waals surface area contributed by atoms with E-state index in [9.17, 15) is 4.79 Å². The third-order valence-electron chi connectivity index (χ3n) is 3.25. The van der Waals surface area contributed by atoms with Gasteiger partial charge in [0.15, 0.2) is 5.13 Å². The molecule has 1 amide bonds. The van der Waals surface area contributed by atoms with Crippen LogP contribution in [0.5, 0.6) is 0 Å². The molecule has 0 radical (unpaired) electrons. The van der Waals surface area contributed by atoms with E-state index < -0.39 is 0 Å². The lowest BCUT2D eigenvalue weighted by Crippen LogP contribution is -2.11. The summed E-state index contributed by atoms with van der Waals surface area (Å²) in [5.41, 5.74) is 2.34. The third-order valence-corrected chi connectivity index (χ3v) is 4.87. The highest BCUT2D eigenvalue weighted by atomic mass is 35.5. The zero-order chi connectivity index (χ0) is 16.4. The standard InChI is InChI=1S/C17H12Cl2N2OS/c1-10-15(11-5-3-2-4-6-11)20-17(23-10)21-16(22)12-7-8-13(18)14(19)9-12/h2-9H,1H3,(H,20,21,22). The van der Waals surface area contributed by atoms with Crippen LogP contribution in [0.4, 0.5) is 5.13 Å². The van der Waals surface area contributed by atoms with Crippen molar-refractivity contribution in [1.82, 2.24) is 4.98 Å². The smallest absolute Gasteiger partial charge is 0.257 e. The van der Waals surface area contributed by atoms with Crippen LogP contribution in [-0.2, 0) is 0 Å². The third kappa shape index (κ3) is 3.55. The lowest BCUT2D eigenvalue weighted by atomic mass is 10.1. The molecular weight excluding hydrogens is 351 g/mol. The number of nitrogens with zero attached hydrogens (tertiary/aromatic N) is 1. The van der Waals surface area contributed by atoms with Crippen molar-refractivity contribution in [1.29, 1.82) is 0 Å². The number of hydrogen-bond acceptors (Lipinski definition) is 3. The molecule has 116 valence electrons. The first-order valence-corrected chi connectivity index (χ1v) is 8.41. The van der Waals surface area contributed by atoms with E-state index in [-0.39, 0.29) is 5.91 Å². The van der Waals surface area contributed by atoms with Crippen molar-refractivity contribution in [3.63, 3.8) is 0 Å². The van der Waals surface area contributed by atoms with Gasteiger partial charge in [0.25, 0.3) is 5.91 Å². The molecule has 0 fully saturated rings. The Morgan fingerprint density at radius 3 is 2.52 bits per heavy atom. The van der Waals surface area contributed by atoms with Crippen LogP contribution in [0.3, 0.4) is 0 Å². The van der Waals surface area contributed by atoms with Crippen LogP contribution in [0.1, 0.15) is 15.2 Å². The van der Waals surface area contributed by atoms with E-state index in [1.165, 1.54) is 17.4 Å². The summed E-state index contributed by atoms with van der Waals surface area (Å²) in [5.74, 6) is -0.267. The van der Waals surface area contributed by atoms with Crippen molar-refractivity contribution in [2.45, 2.75) is 6.92 Å². The maximum Gasteiger partial charge on any atom is 0.257 e. The molecule has 2 aromatic carbocycles. The summed E-state index contributed by atoms with van der Waals surface area (Å²) in [7, 11) is 0. The molecule has 0 aliphatic heterocycles. The topological polar surface area (TPSA) is 42.0 Å². The number of anilines is 1. The van der Waals surface area contributed by atoms with Crippen LogP contribution in [0, 0.1) is 6.92 Å². The summed E-state index contributed by atoms with van der Waals surface area (Å²) < 4.78 is 0. The molecule has 0 aliphatic carbocycles. The predicted octanol–water partition coefficient (Wildman–Crippen LogP) is 5.68. The van der Waals surface area contributed by atoms with Crippen molar-refractivity contribution in [3.05, 3.63) is 69.0 Å². The highest BCUT2D eigenvalue weighted by molar-refractivity contribution is 7.16. The molecule has 3 rings (SSSR count). The first kappa shape index (κ1) is 16.0. The highest BCUT2D eigenvalue weighted by Gasteiger charge is 2.13. The van der Waals surface area contributed by atoms with Gasteiger partial charge < -0.3 is 0 Å². The number of amides is 1. The molecule has 3 aromatic rings. The Balaban J connectivity index is 1.83. The van der Waals surface area contributed by atoms with Gasteiger partial charge in [-0.05, 0) is 25.1 Å². The van der Waals surface area contributed by atoms with Gasteiger partial charge in [0.1, 0.15) is 0 Å². The Kier molecular flexibility index (Phi) is 4.66. The van der Waals surface area contributed by atoms with Gasteiger partial charge in [0, 0.05) is 16.0 Å². The van der Waals surface area contributed by atoms with Crippen LogP contribution >= 0.6 is 34.5 Å². The summed E-state index contributed by atoms with van der Waals surface area (Å²) in [4.78, 5) is 17.8. The number of thiazole rings is 1. The van der Waals surface area contributed by atoms with Gasteiger partial charge >= 0.3 is 0 Å². The molecule has 1 N–H and O–H groups in total. The summed E-state index contributed by atoms with van der Waals surface area (Å²) in [5, 5.41) is 4.12. The van der Waals surface area contributed by atoms with Gasteiger partial charge in [0.05, 0.1) is 15.7 Å². The van der Waals surface area contributed by atoms with E-state index in [1.807, 2.05) is 37.3 Å². The molecule has 3 nitrogen and oxygen atoms in total. The number of aryl methyl sites for hydroxylation is 1. The maximum absolute atomic E-state index is 12.3. The lowest BCUT2D eigenvalue weighted by molar-refractivity contribution is 0.102. The predicted molar refractivity (Wildman–Crippen MR) is 96.7 cm³/mol. The molecule has 0 saturated carbocycles. The van der Waals surface area contributed by atoms with Crippen molar-refractivity contribution in [2.75, 3.05) is 5.32 Å². The van der Waals surface area contributed by atoms with Crippen LogP contribution < -0.4 is 5.32 Å². The van der Waals surface area contributed by atoms with E-state index >= 15 is 0 Å². The number of nitrogens with one attached hydrogen (secondary N) is 1. The second-order valence-electron chi connectivity index (χ2n) is 4.87. The van der Waals surface area contributed by atoms with Crippen molar-refractivity contribution >= 4 is 45.6 Å². The maximum atomic E-state index is 12.3. The summed E-state index contributed by atoms with van der Waals surface area (Å²) in [6, 6.07) is 14.6. The zero-order valence-electron chi connectivity index (χ0n) is 12.1. The number of rotatable bonds is 3. The number of carbonyl (C=O) groups excluding carboxylic acids is 1. The number of benzene rings is 2. The Labute approximate surface area is 147 Å². The fourth-order valence-electron chi connectivity index (χ4n) is 2.12. The summed E-state index contributed by atoms with van der Waals surface area (Å²) in [6.07, 6.45) is 0. The van der Waals surface area contributed by atoms with E-state index in [2.05, 4.69) is 10.3 Å². The van der Waals surface area contributed by atoms with E-state index in [0.717, 1.165) is 16.1 Å². The first-order chi connectivity index (χ1) is 11.0. The monoisotopic (exact) mass is 362 g/mol. The van der Waals surface area contributed by atoms with Gasteiger partial charge in [0.2, 0.25) is 0 Å². The minimum Gasteiger partial charge on any atom is -0.298 e. The van der Waals surface area contributed by atoms with Crippen LogP contribution in [0.25, 0.3) is 11.3 Å². The number of carbonyl (C=O) groups is 1. The molecule has 0 saturated heterocycles. The number of hydrogen-bond donors (Lipinski definition) is 1. The second-order valence-corrected chi connectivity index (χ2v) is 6.89. The SMILES string of the molecule is Cc1sc(NC(=O)c2ccc(Cl)c(Cl)c2)nc1-c1ccccc1. The number of halogens is 2. The summed E-state index contributed by atoms with van der Waals surface area (Å²) >= 11 is 13.2. The largest absolute Gasteiger partial charge is 0.298 e. The molecule has 0 unspecified atom stereocenters. The second kappa shape index (κ2) is 6.71. The molecule has 0 aliphatic rings. The molecule has 6 heteroatoms. The van der Waals surface area contributed by atoms with Gasteiger partial charge in [-0.25, -0.2) is 4.98 Å². The van der Waals surface area contributed by atoms with E-state index in [1.54, 1.807) is 12.1 Å². The number of aromatic nitrogens is 1. The molecule has 0 bridgehead atoms. The minimum atomic E-state index is -0.267. The first-order valence-electron chi connectivity index (χ1n) is 6.84. The Bertz CT molecular complexity index is 862. The van der Waals surface area contributed by atoms with E-state index in [0.29, 0.717) is 20.7 Å². The lowest BCUT2D eigenvalue weighted by Gasteiger charge is -2.03. The van der Waals surface area contributed by atoms with Crippen LogP contribution in [0.15, 0.2) is 48.5 Å². The van der Waals surface area contributed by atoms with Gasteiger partial charge in [-0.3, -0.25) is 10.1 Å². The van der Waals surface area contributed by atoms with Crippen LogP contribution in [-0.4, -0.2) is 10.9 Å². The van der Waals surface area contributed by atoms with E-state index in [4.69, 9.17) is 23.2 Å². The van der Waals surface area contributed by atoms with Crippen LogP contribution in [0.2, 0.25) is 10.0 Å². The molecule has 0 atom stereocenters. The quantitative estimate of drug-likeness (QED) is 0.651. The Morgan fingerprint density at radius 2 is 1.83 bits per heavy atom. The van der Waals surface area contributed by atoms with Gasteiger partial charge in [-0.1, -0.05) is 53.5 Å². The zero-order valence-corrected chi connectivity index (χ0v) is 14.5.